The van der Waals surface area contributed by atoms with Crippen molar-refractivity contribution in [3.05, 3.63) is 11.6 Å². The van der Waals surface area contributed by atoms with Crippen molar-refractivity contribution >= 4 is 23.4 Å². The van der Waals surface area contributed by atoms with Crippen LogP contribution < -0.4 is 0 Å². The Labute approximate surface area is 150 Å². The maximum atomic E-state index is 12.9. The Kier molecular flexibility index (Phi) is 6.49. The van der Waals surface area contributed by atoms with E-state index in [4.69, 9.17) is 0 Å². The average Bonchev–Trinajstić information content (AvgIpc) is 2.51. The zero-order chi connectivity index (χ0) is 19.6. The first-order valence-electron chi connectivity index (χ1n) is 9.04. The molecule has 0 aromatic heterocycles. The van der Waals surface area contributed by atoms with E-state index < -0.39 is 28.7 Å². The normalized spacial score (nSPS) is 19.3. The maximum absolute atomic E-state index is 12.9. The molecular weight excluding hydrogens is 318 g/mol. The summed E-state index contributed by atoms with van der Waals surface area (Å²) >= 11 is 0. The van der Waals surface area contributed by atoms with Crippen LogP contribution in [0.15, 0.2) is 11.6 Å². The van der Waals surface area contributed by atoms with Gasteiger partial charge in [0.15, 0.2) is 11.6 Å². The standard InChI is InChI=1S/C20H31NO4/c1-8-10-20(7,9-2)17(24)13(3)21-15(22)11-14(12-16(21)23)18(25)19(4,5)6/h11,13H,8-10,12H2,1-7H3. The van der Waals surface area contributed by atoms with Gasteiger partial charge in [0.05, 0.1) is 12.5 Å². The zero-order valence-corrected chi connectivity index (χ0v) is 16.6. The molecule has 0 fully saturated rings. The van der Waals surface area contributed by atoms with Gasteiger partial charge in [0, 0.05) is 22.5 Å². The lowest BCUT2D eigenvalue weighted by Gasteiger charge is -2.35. The van der Waals surface area contributed by atoms with E-state index in [1.807, 2.05) is 20.8 Å². The highest BCUT2D eigenvalue weighted by atomic mass is 16.2. The molecule has 0 bridgehead atoms. The Morgan fingerprint density at radius 2 is 1.72 bits per heavy atom. The minimum atomic E-state index is -0.820. The second kappa shape index (κ2) is 7.63. The first-order chi connectivity index (χ1) is 11.4. The molecule has 25 heavy (non-hydrogen) atoms. The molecule has 1 aliphatic heterocycles. The number of carbonyl (C=O) groups is 4. The maximum Gasteiger partial charge on any atom is 0.254 e. The van der Waals surface area contributed by atoms with Crippen LogP contribution >= 0.6 is 0 Å². The fraction of sp³-hybridized carbons (Fsp3) is 0.700. The van der Waals surface area contributed by atoms with Crippen LogP contribution in [0.25, 0.3) is 0 Å². The molecular formula is C20H31NO4. The van der Waals surface area contributed by atoms with Crippen LogP contribution in [-0.2, 0) is 19.2 Å². The predicted molar refractivity (Wildman–Crippen MR) is 96.8 cm³/mol. The topological polar surface area (TPSA) is 71.5 Å². The molecule has 5 heteroatoms. The lowest BCUT2D eigenvalue weighted by molar-refractivity contribution is -0.152. The quantitative estimate of drug-likeness (QED) is 0.660. The van der Waals surface area contributed by atoms with Crippen LogP contribution in [0, 0.1) is 10.8 Å². The Morgan fingerprint density at radius 3 is 2.12 bits per heavy atom. The van der Waals surface area contributed by atoms with E-state index in [-0.39, 0.29) is 23.6 Å². The lowest BCUT2D eigenvalue weighted by atomic mass is 9.76. The Morgan fingerprint density at radius 1 is 1.16 bits per heavy atom. The first kappa shape index (κ1) is 21.3. The summed E-state index contributed by atoms with van der Waals surface area (Å²) in [5.74, 6) is -1.36. The zero-order valence-electron chi connectivity index (χ0n) is 16.6. The van der Waals surface area contributed by atoms with E-state index in [0.717, 1.165) is 11.3 Å². The number of ketones is 2. The van der Waals surface area contributed by atoms with Gasteiger partial charge in [0.25, 0.3) is 5.91 Å². The van der Waals surface area contributed by atoms with Crippen molar-refractivity contribution in [2.75, 3.05) is 0 Å². The lowest BCUT2D eigenvalue weighted by Crippen LogP contribution is -2.52. The number of hydrogen-bond acceptors (Lipinski definition) is 4. The fourth-order valence-corrected chi connectivity index (χ4v) is 3.32. The summed E-state index contributed by atoms with van der Waals surface area (Å²) in [4.78, 5) is 51.3. The third-order valence-electron chi connectivity index (χ3n) is 5.06. The van der Waals surface area contributed by atoms with Gasteiger partial charge in [0.1, 0.15) is 0 Å². The van der Waals surface area contributed by atoms with Crippen LogP contribution in [0.2, 0.25) is 0 Å². The molecule has 0 saturated carbocycles. The molecule has 0 N–H and O–H groups in total. The van der Waals surface area contributed by atoms with Gasteiger partial charge in [-0.1, -0.05) is 48.0 Å². The molecule has 0 spiro atoms. The molecule has 2 amide bonds. The predicted octanol–water partition coefficient (Wildman–Crippen LogP) is 3.46. The molecule has 0 aliphatic carbocycles. The van der Waals surface area contributed by atoms with Crippen molar-refractivity contribution in [2.24, 2.45) is 10.8 Å². The molecule has 0 radical (unpaired) electrons. The number of imide groups is 1. The molecule has 2 atom stereocenters. The van der Waals surface area contributed by atoms with Crippen LogP contribution in [0.4, 0.5) is 0 Å². The summed E-state index contributed by atoms with van der Waals surface area (Å²) in [6.07, 6.45) is 3.32. The summed E-state index contributed by atoms with van der Waals surface area (Å²) in [5, 5.41) is 0. The third kappa shape index (κ3) is 4.44. The second-order valence-corrected chi connectivity index (χ2v) is 8.23. The van der Waals surface area contributed by atoms with Gasteiger partial charge < -0.3 is 0 Å². The molecule has 1 heterocycles. The van der Waals surface area contributed by atoms with Crippen molar-refractivity contribution < 1.29 is 19.2 Å². The van der Waals surface area contributed by atoms with Crippen molar-refractivity contribution in [3.63, 3.8) is 0 Å². The van der Waals surface area contributed by atoms with Gasteiger partial charge >= 0.3 is 0 Å². The van der Waals surface area contributed by atoms with Gasteiger partial charge in [0.2, 0.25) is 5.91 Å². The number of carbonyl (C=O) groups excluding carboxylic acids is 4. The molecule has 1 aliphatic rings. The summed E-state index contributed by atoms with van der Waals surface area (Å²) in [6, 6.07) is -0.820. The molecule has 0 aromatic carbocycles. The molecule has 0 aromatic rings. The SMILES string of the molecule is CCCC(C)(CC)C(=O)C(C)N1C(=O)C=C(C(=O)C(C)(C)C)CC1=O. The monoisotopic (exact) mass is 349 g/mol. The third-order valence-corrected chi connectivity index (χ3v) is 5.06. The van der Waals surface area contributed by atoms with Crippen molar-refractivity contribution in [1.29, 1.82) is 0 Å². The van der Waals surface area contributed by atoms with E-state index >= 15 is 0 Å². The van der Waals surface area contributed by atoms with Crippen molar-refractivity contribution in [2.45, 2.75) is 80.2 Å². The van der Waals surface area contributed by atoms with Gasteiger partial charge in [-0.05, 0) is 19.8 Å². The number of hydrogen-bond donors (Lipinski definition) is 0. The number of amides is 2. The van der Waals surface area contributed by atoms with Crippen LogP contribution in [0.1, 0.15) is 74.1 Å². The summed E-state index contributed by atoms with van der Waals surface area (Å²) < 4.78 is 0. The summed E-state index contributed by atoms with van der Waals surface area (Å²) in [5.41, 5.74) is -0.983. The van der Waals surface area contributed by atoms with Crippen LogP contribution in [-0.4, -0.2) is 34.3 Å². The summed E-state index contributed by atoms with van der Waals surface area (Å²) in [7, 11) is 0. The molecule has 0 saturated heterocycles. The smallest absolute Gasteiger partial charge is 0.254 e. The summed E-state index contributed by atoms with van der Waals surface area (Å²) in [6.45, 7) is 12.7. The molecule has 1 rings (SSSR count). The molecule has 5 nitrogen and oxygen atoms in total. The highest BCUT2D eigenvalue weighted by Crippen LogP contribution is 2.32. The van der Waals surface area contributed by atoms with Gasteiger partial charge in [-0.15, -0.1) is 0 Å². The fourth-order valence-electron chi connectivity index (χ4n) is 3.32. The Bertz CT molecular complexity index is 612. The van der Waals surface area contributed by atoms with Crippen molar-refractivity contribution in [1.82, 2.24) is 4.90 Å². The number of Topliss-reactive ketones (excluding diaryl/α,β-unsaturated/α-hetero) is 2. The van der Waals surface area contributed by atoms with Crippen LogP contribution in [0.3, 0.4) is 0 Å². The highest BCUT2D eigenvalue weighted by Gasteiger charge is 2.42. The largest absolute Gasteiger partial charge is 0.297 e. The van der Waals surface area contributed by atoms with Gasteiger partial charge in [-0.2, -0.15) is 0 Å². The minimum absolute atomic E-state index is 0.0995. The van der Waals surface area contributed by atoms with Crippen molar-refractivity contribution in [3.8, 4) is 0 Å². The van der Waals surface area contributed by atoms with Crippen LogP contribution in [0.5, 0.6) is 0 Å². The van der Waals surface area contributed by atoms with Gasteiger partial charge in [-0.25, -0.2) is 0 Å². The second-order valence-electron chi connectivity index (χ2n) is 8.23. The van der Waals surface area contributed by atoms with E-state index in [9.17, 15) is 19.2 Å². The number of rotatable bonds is 7. The van der Waals surface area contributed by atoms with E-state index in [0.29, 0.717) is 12.8 Å². The molecule has 140 valence electrons. The minimum Gasteiger partial charge on any atom is -0.297 e. The Hall–Kier alpha value is -1.78. The number of nitrogens with zero attached hydrogens (tertiary/aromatic N) is 1. The highest BCUT2D eigenvalue weighted by molar-refractivity contribution is 6.16. The van der Waals surface area contributed by atoms with E-state index in [1.54, 1.807) is 27.7 Å². The van der Waals surface area contributed by atoms with E-state index in [1.165, 1.54) is 6.08 Å². The first-order valence-corrected chi connectivity index (χ1v) is 9.04. The average molecular weight is 349 g/mol. The van der Waals surface area contributed by atoms with Gasteiger partial charge in [-0.3, -0.25) is 24.1 Å². The molecule has 2 unspecified atom stereocenters. The van der Waals surface area contributed by atoms with E-state index in [2.05, 4.69) is 0 Å². The Balaban J connectivity index is 3.10.